The predicted octanol–water partition coefficient (Wildman–Crippen LogP) is 2.09. The van der Waals surface area contributed by atoms with Crippen molar-refractivity contribution in [1.82, 2.24) is 5.32 Å². The molecule has 21 heavy (non-hydrogen) atoms. The second kappa shape index (κ2) is 9.00. The van der Waals surface area contributed by atoms with Crippen LogP contribution in [0.5, 0.6) is 5.75 Å². The molecule has 1 rings (SSSR count). The summed E-state index contributed by atoms with van der Waals surface area (Å²) in [6.07, 6.45) is 1.16. The van der Waals surface area contributed by atoms with Crippen molar-refractivity contribution in [1.29, 1.82) is 0 Å². The lowest BCUT2D eigenvalue weighted by atomic mass is 10.1. The van der Waals surface area contributed by atoms with Crippen LogP contribution in [0.1, 0.15) is 32.3 Å². The zero-order chi connectivity index (χ0) is 15.7. The lowest BCUT2D eigenvalue weighted by Gasteiger charge is -2.15. The number of rotatable bonds is 8. The van der Waals surface area contributed by atoms with Crippen molar-refractivity contribution in [3.05, 3.63) is 29.8 Å². The zero-order valence-electron chi connectivity index (χ0n) is 12.8. The fraction of sp³-hybridized carbons (Fsp3) is 0.500. The fourth-order valence-electron chi connectivity index (χ4n) is 1.92. The molecule has 0 bridgehead atoms. The van der Waals surface area contributed by atoms with Crippen LogP contribution in [-0.4, -0.2) is 31.6 Å². The van der Waals surface area contributed by atoms with Crippen LogP contribution in [-0.2, 0) is 20.7 Å². The maximum atomic E-state index is 12.0. The summed E-state index contributed by atoms with van der Waals surface area (Å²) in [5.74, 6) is 0.372. The van der Waals surface area contributed by atoms with Gasteiger partial charge in [0.1, 0.15) is 5.75 Å². The van der Waals surface area contributed by atoms with Gasteiger partial charge < -0.3 is 14.8 Å². The summed E-state index contributed by atoms with van der Waals surface area (Å²) >= 11 is 0. The summed E-state index contributed by atoms with van der Waals surface area (Å²) in [5.41, 5.74) is 0.906. The largest absolute Gasteiger partial charge is 0.494 e. The molecule has 0 radical (unpaired) electrons. The van der Waals surface area contributed by atoms with Crippen LogP contribution in [0.15, 0.2) is 24.3 Å². The first kappa shape index (κ1) is 17.0. The maximum absolute atomic E-state index is 12.0. The van der Waals surface area contributed by atoms with Gasteiger partial charge in [0, 0.05) is 6.04 Å². The topological polar surface area (TPSA) is 64.6 Å². The first-order valence-corrected chi connectivity index (χ1v) is 7.16. The van der Waals surface area contributed by atoms with Gasteiger partial charge in [-0.2, -0.15) is 0 Å². The van der Waals surface area contributed by atoms with E-state index >= 15 is 0 Å². The van der Waals surface area contributed by atoms with E-state index in [-0.39, 0.29) is 30.8 Å². The minimum Gasteiger partial charge on any atom is -0.494 e. The molecule has 5 heteroatoms. The Kier molecular flexibility index (Phi) is 7.29. The van der Waals surface area contributed by atoms with Crippen LogP contribution < -0.4 is 10.1 Å². The number of ether oxygens (including phenoxy) is 2. The normalized spacial score (nSPS) is 11.6. The third-order valence-electron chi connectivity index (χ3n) is 3.10. The van der Waals surface area contributed by atoms with E-state index in [9.17, 15) is 9.59 Å². The quantitative estimate of drug-likeness (QED) is 0.745. The van der Waals surface area contributed by atoms with Crippen molar-refractivity contribution in [3.8, 4) is 5.75 Å². The molecule has 0 aromatic heterocycles. The number of benzene rings is 1. The molecule has 1 N–H and O–H groups in total. The molecule has 0 saturated heterocycles. The van der Waals surface area contributed by atoms with Crippen LogP contribution in [0.25, 0.3) is 0 Å². The summed E-state index contributed by atoms with van der Waals surface area (Å²) in [5, 5.41) is 2.85. The summed E-state index contributed by atoms with van der Waals surface area (Å²) in [4.78, 5) is 23.2. The van der Waals surface area contributed by atoms with Gasteiger partial charge in [-0.25, -0.2) is 0 Å². The summed E-state index contributed by atoms with van der Waals surface area (Å²) < 4.78 is 9.97. The van der Waals surface area contributed by atoms with E-state index in [0.717, 1.165) is 11.3 Å². The average molecular weight is 293 g/mol. The van der Waals surface area contributed by atoms with Gasteiger partial charge in [-0.1, -0.05) is 19.1 Å². The lowest BCUT2D eigenvalue weighted by molar-refractivity contribution is -0.141. The molecule has 1 atom stereocenters. The highest BCUT2D eigenvalue weighted by Gasteiger charge is 2.15. The minimum absolute atomic E-state index is 0.102. The third kappa shape index (κ3) is 6.29. The van der Waals surface area contributed by atoms with Crippen LogP contribution in [0.2, 0.25) is 0 Å². The number of amides is 1. The second-order valence-electron chi connectivity index (χ2n) is 4.71. The van der Waals surface area contributed by atoms with Gasteiger partial charge in [0.15, 0.2) is 0 Å². The molecule has 0 saturated carbocycles. The molecule has 116 valence electrons. The van der Waals surface area contributed by atoms with Crippen molar-refractivity contribution in [3.63, 3.8) is 0 Å². The van der Waals surface area contributed by atoms with Crippen LogP contribution >= 0.6 is 0 Å². The van der Waals surface area contributed by atoms with Crippen LogP contribution in [0.3, 0.4) is 0 Å². The number of hydrogen-bond acceptors (Lipinski definition) is 4. The maximum Gasteiger partial charge on any atom is 0.307 e. The number of carbonyl (C=O) groups excluding carboxylic acids is 2. The van der Waals surface area contributed by atoms with E-state index in [1.165, 1.54) is 7.11 Å². The Labute approximate surface area is 125 Å². The molecule has 0 spiro atoms. The number of methoxy groups -OCH3 is 1. The average Bonchev–Trinajstić information content (AvgIpc) is 2.48. The Morgan fingerprint density at radius 1 is 1.19 bits per heavy atom. The third-order valence-corrected chi connectivity index (χ3v) is 3.10. The molecule has 1 aromatic carbocycles. The number of nitrogens with one attached hydrogen (secondary N) is 1. The highest BCUT2D eigenvalue weighted by molar-refractivity contribution is 5.79. The number of carbonyl (C=O) groups is 2. The van der Waals surface area contributed by atoms with Gasteiger partial charge in [0.2, 0.25) is 5.91 Å². The van der Waals surface area contributed by atoms with Crippen LogP contribution in [0.4, 0.5) is 0 Å². The molecule has 0 fully saturated rings. The SMILES string of the molecule is CCOc1ccc(CC(=O)NC(CC)CC(=O)OC)cc1. The van der Waals surface area contributed by atoms with E-state index in [4.69, 9.17) is 4.74 Å². The smallest absolute Gasteiger partial charge is 0.307 e. The molecule has 0 aliphatic heterocycles. The van der Waals surface area contributed by atoms with Gasteiger partial charge in [-0.05, 0) is 31.0 Å². The zero-order valence-corrected chi connectivity index (χ0v) is 12.8. The van der Waals surface area contributed by atoms with E-state index in [1.54, 1.807) is 0 Å². The molecule has 5 nitrogen and oxygen atoms in total. The minimum atomic E-state index is -0.316. The van der Waals surface area contributed by atoms with Crippen molar-refractivity contribution < 1.29 is 19.1 Å². The van der Waals surface area contributed by atoms with E-state index in [2.05, 4.69) is 10.1 Å². The Hall–Kier alpha value is -2.04. The van der Waals surface area contributed by atoms with Gasteiger partial charge in [-0.15, -0.1) is 0 Å². The first-order chi connectivity index (χ1) is 10.1. The molecule has 1 aromatic rings. The second-order valence-corrected chi connectivity index (χ2v) is 4.71. The molecule has 1 amide bonds. The number of hydrogen-bond donors (Lipinski definition) is 1. The van der Waals surface area contributed by atoms with Crippen molar-refractivity contribution >= 4 is 11.9 Å². The van der Waals surface area contributed by atoms with Gasteiger partial charge in [-0.3, -0.25) is 9.59 Å². The molecular formula is C16H23NO4. The molecule has 0 heterocycles. The van der Waals surface area contributed by atoms with Crippen molar-refractivity contribution in [2.75, 3.05) is 13.7 Å². The molecule has 0 aliphatic carbocycles. The highest BCUT2D eigenvalue weighted by Crippen LogP contribution is 2.12. The Morgan fingerprint density at radius 3 is 2.38 bits per heavy atom. The van der Waals surface area contributed by atoms with Crippen molar-refractivity contribution in [2.24, 2.45) is 0 Å². The number of esters is 1. The van der Waals surface area contributed by atoms with Gasteiger partial charge >= 0.3 is 5.97 Å². The first-order valence-electron chi connectivity index (χ1n) is 7.16. The fourth-order valence-corrected chi connectivity index (χ4v) is 1.92. The van der Waals surface area contributed by atoms with Gasteiger partial charge in [0.05, 0.1) is 26.6 Å². The highest BCUT2D eigenvalue weighted by atomic mass is 16.5. The summed E-state index contributed by atoms with van der Waals surface area (Å²) in [6, 6.07) is 7.24. The predicted molar refractivity (Wildman–Crippen MR) is 80.2 cm³/mol. The van der Waals surface area contributed by atoms with E-state index in [1.807, 2.05) is 38.1 Å². The Balaban J connectivity index is 2.49. The van der Waals surface area contributed by atoms with E-state index < -0.39 is 0 Å². The molecular weight excluding hydrogens is 270 g/mol. The Bertz CT molecular complexity index is 456. The lowest BCUT2D eigenvalue weighted by Crippen LogP contribution is -2.37. The summed E-state index contributed by atoms with van der Waals surface area (Å²) in [6.45, 7) is 4.46. The van der Waals surface area contributed by atoms with Crippen molar-refractivity contribution in [2.45, 2.75) is 39.2 Å². The van der Waals surface area contributed by atoms with Gasteiger partial charge in [0.25, 0.3) is 0 Å². The van der Waals surface area contributed by atoms with Crippen LogP contribution in [0, 0.1) is 0 Å². The summed E-state index contributed by atoms with van der Waals surface area (Å²) in [7, 11) is 1.34. The monoisotopic (exact) mass is 293 g/mol. The Morgan fingerprint density at radius 2 is 1.86 bits per heavy atom. The van der Waals surface area contributed by atoms with E-state index in [0.29, 0.717) is 13.0 Å². The molecule has 1 unspecified atom stereocenters. The molecule has 0 aliphatic rings. The standard InChI is InChI=1S/C16H23NO4/c1-4-13(11-16(19)20-3)17-15(18)10-12-6-8-14(9-7-12)21-5-2/h6-9,13H,4-5,10-11H2,1-3H3,(H,17,18).